The molecule has 0 unspecified atom stereocenters. The first-order valence-electron chi connectivity index (χ1n) is 9.30. The molecule has 0 radical (unpaired) electrons. The molecule has 1 aliphatic rings. The lowest BCUT2D eigenvalue weighted by Crippen LogP contribution is -2.30. The number of nitrogens with one attached hydrogen (secondary N) is 1. The molecule has 3 aromatic rings. The number of pyridine rings is 1. The summed E-state index contributed by atoms with van der Waals surface area (Å²) >= 11 is 0. The number of hydrogen-bond acceptors (Lipinski definition) is 4. The zero-order chi connectivity index (χ0) is 17.6. The van der Waals surface area contributed by atoms with Crippen molar-refractivity contribution in [2.45, 2.75) is 19.5 Å². The summed E-state index contributed by atoms with van der Waals surface area (Å²) in [6.45, 7) is 6.37. The van der Waals surface area contributed by atoms with Crippen LogP contribution in [0.3, 0.4) is 0 Å². The third kappa shape index (κ3) is 4.36. The Bertz CT molecular complexity index is 800. The second-order valence-electron chi connectivity index (χ2n) is 6.89. The lowest BCUT2D eigenvalue weighted by molar-refractivity contribution is 0.245. The summed E-state index contributed by atoms with van der Waals surface area (Å²) in [6, 6.07) is 14.5. The van der Waals surface area contributed by atoms with Gasteiger partial charge in [0.1, 0.15) is 5.82 Å². The lowest BCUT2D eigenvalue weighted by atomic mass is 10.2. The van der Waals surface area contributed by atoms with Crippen LogP contribution in [0.5, 0.6) is 0 Å². The largest absolute Gasteiger partial charge is 0.341 e. The third-order valence-electron chi connectivity index (χ3n) is 4.88. The van der Waals surface area contributed by atoms with Gasteiger partial charge in [-0.15, -0.1) is 0 Å². The van der Waals surface area contributed by atoms with Crippen LogP contribution < -0.4 is 0 Å². The van der Waals surface area contributed by atoms with Crippen LogP contribution in [0.1, 0.15) is 17.7 Å². The Morgan fingerprint density at radius 3 is 2.42 bits per heavy atom. The normalized spacial score (nSPS) is 16.5. The molecule has 4 rings (SSSR count). The van der Waals surface area contributed by atoms with E-state index in [1.165, 1.54) is 17.7 Å². The zero-order valence-corrected chi connectivity index (χ0v) is 15.0. The number of benzene rings is 1. The lowest BCUT2D eigenvalue weighted by Gasteiger charge is -2.21. The molecular weight excluding hydrogens is 322 g/mol. The van der Waals surface area contributed by atoms with Crippen molar-refractivity contribution in [3.63, 3.8) is 0 Å². The number of aromatic amines is 1. The summed E-state index contributed by atoms with van der Waals surface area (Å²) in [4.78, 5) is 17.3. The van der Waals surface area contributed by atoms with Crippen LogP contribution in [0.25, 0.3) is 11.4 Å². The van der Waals surface area contributed by atoms with Gasteiger partial charge in [0.2, 0.25) is 0 Å². The van der Waals surface area contributed by atoms with Crippen molar-refractivity contribution in [3.8, 4) is 11.4 Å². The Balaban J connectivity index is 1.33. The maximum Gasteiger partial charge on any atom is 0.137 e. The van der Waals surface area contributed by atoms with Crippen LogP contribution in [0.15, 0.2) is 61.1 Å². The highest BCUT2D eigenvalue weighted by Crippen LogP contribution is 2.16. The highest BCUT2D eigenvalue weighted by atomic mass is 15.2. The van der Waals surface area contributed by atoms with Crippen molar-refractivity contribution >= 4 is 0 Å². The van der Waals surface area contributed by atoms with Crippen molar-refractivity contribution in [3.05, 3.63) is 72.3 Å². The van der Waals surface area contributed by atoms with Crippen LogP contribution >= 0.6 is 0 Å². The SMILES string of the molecule is c1ccc(-c2ncc(CN3CCCN(Cc4cccnc4)CC3)[nH]2)cc1. The quantitative estimate of drug-likeness (QED) is 0.770. The summed E-state index contributed by atoms with van der Waals surface area (Å²) in [6.07, 6.45) is 6.97. The molecule has 26 heavy (non-hydrogen) atoms. The Morgan fingerprint density at radius 1 is 0.846 bits per heavy atom. The van der Waals surface area contributed by atoms with E-state index >= 15 is 0 Å². The first-order chi connectivity index (χ1) is 12.9. The van der Waals surface area contributed by atoms with Crippen molar-refractivity contribution in [1.82, 2.24) is 24.8 Å². The molecule has 0 saturated carbocycles. The summed E-state index contributed by atoms with van der Waals surface area (Å²) in [7, 11) is 0. The number of H-pyrrole nitrogens is 1. The molecule has 2 aromatic heterocycles. The predicted molar refractivity (Wildman–Crippen MR) is 103 cm³/mol. The average molecular weight is 347 g/mol. The monoisotopic (exact) mass is 347 g/mol. The van der Waals surface area contributed by atoms with Crippen molar-refractivity contribution in [1.29, 1.82) is 0 Å². The maximum atomic E-state index is 4.55. The summed E-state index contributed by atoms with van der Waals surface area (Å²) in [5, 5.41) is 0. The minimum atomic E-state index is 0.931. The highest BCUT2D eigenvalue weighted by molar-refractivity contribution is 5.54. The first-order valence-corrected chi connectivity index (χ1v) is 9.30. The minimum Gasteiger partial charge on any atom is -0.341 e. The molecule has 5 heteroatoms. The Morgan fingerprint density at radius 2 is 1.65 bits per heavy atom. The van der Waals surface area contributed by atoms with Gasteiger partial charge >= 0.3 is 0 Å². The summed E-state index contributed by atoms with van der Waals surface area (Å²) in [5.74, 6) is 0.952. The van der Waals surface area contributed by atoms with E-state index in [2.05, 4.69) is 43.0 Å². The van der Waals surface area contributed by atoms with E-state index in [-0.39, 0.29) is 0 Å². The number of hydrogen-bond donors (Lipinski definition) is 1. The minimum absolute atomic E-state index is 0.931. The molecular formula is C21H25N5. The van der Waals surface area contributed by atoms with Gasteiger partial charge in [-0.3, -0.25) is 14.8 Å². The second kappa shape index (κ2) is 8.25. The van der Waals surface area contributed by atoms with Gasteiger partial charge in [0.05, 0.1) is 0 Å². The molecule has 1 N–H and O–H groups in total. The van der Waals surface area contributed by atoms with Gasteiger partial charge in [0.15, 0.2) is 0 Å². The molecule has 0 aliphatic carbocycles. The number of nitrogens with zero attached hydrogens (tertiary/aromatic N) is 4. The predicted octanol–water partition coefficient (Wildman–Crippen LogP) is 3.18. The first kappa shape index (κ1) is 16.9. The van der Waals surface area contributed by atoms with Crippen molar-refractivity contribution in [2.24, 2.45) is 0 Å². The molecule has 134 valence electrons. The van der Waals surface area contributed by atoms with Gasteiger partial charge in [-0.2, -0.15) is 0 Å². The Kier molecular flexibility index (Phi) is 5.38. The maximum absolute atomic E-state index is 4.55. The molecule has 1 fully saturated rings. The van der Waals surface area contributed by atoms with Gasteiger partial charge in [0, 0.05) is 56.0 Å². The smallest absolute Gasteiger partial charge is 0.137 e. The topological polar surface area (TPSA) is 48.1 Å². The molecule has 1 saturated heterocycles. The van der Waals surface area contributed by atoms with Crippen LogP contribution in [-0.4, -0.2) is 50.9 Å². The average Bonchev–Trinajstić information content (AvgIpc) is 3.05. The number of rotatable bonds is 5. The van der Waals surface area contributed by atoms with E-state index < -0.39 is 0 Å². The molecule has 1 aliphatic heterocycles. The fraction of sp³-hybridized carbons (Fsp3) is 0.333. The van der Waals surface area contributed by atoms with E-state index in [9.17, 15) is 0 Å². The van der Waals surface area contributed by atoms with Crippen LogP contribution in [0.4, 0.5) is 0 Å². The van der Waals surface area contributed by atoms with Gasteiger partial charge in [-0.25, -0.2) is 4.98 Å². The van der Waals surface area contributed by atoms with E-state index in [1.807, 2.05) is 42.9 Å². The summed E-state index contributed by atoms with van der Waals surface area (Å²) in [5.41, 5.74) is 3.61. The summed E-state index contributed by atoms with van der Waals surface area (Å²) < 4.78 is 0. The Labute approximate surface area is 154 Å². The third-order valence-corrected chi connectivity index (χ3v) is 4.88. The molecule has 3 heterocycles. The van der Waals surface area contributed by atoms with Crippen LogP contribution in [0.2, 0.25) is 0 Å². The van der Waals surface area contributed by atoms with Crippen LogP contribution in [-0.2, 0) is 13.1 Å². The van der Waals surface area contributed by atoms with Crippen molar-refractivity contribution < 1.29 is 0 Å². The van der Waals surface area contributed by atoms with Gasteiger partial charge in [-0.05, 0) is 31.1 Å². The number of imidazole rings is 1. The van der Waals surface area contributed by atoms with Gasteiger partial charge < -0.3 is 4.98 Å². The molecule has 0 bridgehead atoms. The zero-order valence-electron chi connectivity index (χ0n) is 15.0. The van der Waals surface area contributed by atoms with Crippen molar-refractivity contribution in [2.75, 3.05) is 26.2 Å². The standard InChI is InChI=1S/C21H25N5/c1-2-7-19(8-3-1)21-23-15-20(24-21)17-26-11-5-10-25(12-13-26)16-18-6-4-9-22-14-18/h1-4,6-9,14-15H,5,10-13,16-17H2,(H,23,24). The molecule has 0 spiro atoms. The molecule has 0 amide bonds. The number of aromatic nitrogens is 3. The molecule has 5 nitrogen and oxygen atoms in total. The van der Waals surface area contributed by atoms with E-state index in [0.717, 1.165) is 50.7 Å². The fourth-order valence-electron chi connectivity index (χ4n) is 3.51. The van der Waals surface area contributed by atoms with Gasteiger partial charge in [0.25, 0.3) is 0 Å². The Hall–Kier alpha value is -2.50. The van der Waals surface area contributed by atoms with E-state index in [4.69, 9.17) is 0 Å². The molecule has 1 aromatic carbocycles. The van der Waals surface area contributed by atoms with E-state index in [0.29, 0.717) is 0 Å². The second-order valence-corrected chi connectivity index (χ2v) is 6.89. The fourth-order valence-corrected chi connectivity index (χ4v) is 3.51. The van der Waals surface area contributed by atoms with Crippen LogP contribution in [0, 0.1) is 0 Å². The molecule has 0 atom stereocenters. The highest BCUT2D eigenvalue weighted by Gasteiger charge is 2.16. The van der Waals surface area contributed by atoms with Gasteiger partial charge in [-0.1, -0.05) is 36.4 Å². The van der Waals surface area contributed by atoms with E-state index in [1.54, 1.807) is 0 Å².